The number of carbonyl (C=O) groups is 1. The lowest BCUT2D eigenvalue weighted by molar-refractivity contribution is 0.249. The van der Waals surface area contributed by atoms with E-state index in [2.05, 4.69) is 10.5 Å². The SMILES string of the molecule is NC(=O)NN=C1CCOc2ccc3ccccc3c21. The lowest BCUT2D eigenvalue weighted by atomic mass is 9.97. The van der Waals surface area contributed by atoms with E-state index >= 15 is 0 Å². The van der Waals surface area contributed by atoms with Gasteiger partial charge in [0.1, 0.15) is 5.75 Å². The van der Waals surface area contributed by atoms with Gasteiger partial charge in [-0.1, -0.05) is 30.3 Å². The van der Waals surface area contributed by atoms with Crippen LogP contribution in [-0.4, -0.2) is 18.3 Å². The first-order valence-electron chi connectivity index (χ1n) is 6.02. The quantitative estimate of drug-likeness (QED) is 0.764. The average molecular weight is 255 g/mol. The summed E-state index contributed by atoms with van der Waals surface area (Å²) >= 11 is 0. The van der Waals surface area contributed by atoms with Gasteiger partial charge in [0.05, 0.1) is 12.3 Å². The minimum atomic E-state index is -0.666. The van der Waals surface area contributed by atoms with Crippen LogP contribution < -0.4 is 15.9 Å². The van der Waals surface area contributed by atoms with Crippen LogP contribution in [0.1, 0.15) is 12.0 Å². The fraction of sp³-hybridized carbons (Fsp3) is 0.143. The Morgan fingerprint density at radius 3 is 2.95 bits per heavy atom. The Hall–Kier alpha value is -2.56. The minimum absolute atomic E-state index is 0.546. The van der Waals surface area contributed by atoms with Crippen LogP contribution in [0.15, 0.2) is 41.5 Å². The predicted octanol–water partition coefficient (Wildman–Crippen LogP) is 1.99. The fourth-order valence-corrected chi connectivity index (χ4v) is 2.29. The number of carbonyl (C=O) groups excluding carboxylic acids is 1. The van der Waals surface area contributed by atoms with Gasteiger partial charge in [0.25, 0.3) is 0 Å². The van der Waals surface area contributed by atoms with Gasteiger partial charge in [0, 0.05) is 12.0 Å². The summed E-state index contributed by atoms with van der Waals surface area (Å²) in [6, 6.07) is 11.3. The van der Waals surface area contributed by atoms with E-state index in [0.717, 1.165) is 27.8 Å². The van der Waals surface area contributed by atoms with Crippen molar-refractivity contribution in [2.24, 2.45) is 10.8 Å². The first-order valence-corrected chi connectivity index (χ1v) is 6.02. The highest BCUT2D eigenvalue weighted by Crippen LogP contribution is 2.32. The molecule has 0 aromatic heterocycles. The number of urea groups is 1. The van der Waals surface area contributed by atoms with E-state index in [9.17, 15) is 4.79 Å². The molecular weight excluding hydrogens is 242 g/mol. The van der Waals surface area contributed by atoms with Gasteiger partial charge >= 0.3 is 6.03 Å². The van der Waals surface area contributed by atoms with Gasteiger partial charge in [0.15, 0.2) is 0 Å². The fourth-order valence-electron chi connectivity index (χ4n) is 2.29. The number of rotatable bonds is 1. The van der Waals surface area contributed by atoms with Crippen molar-refractivity contribution in [2.45, 2.75) is 6.42 Å². The smallest absolute Gasteiger partial charge is 0.332 e. The van der Waals surface area contributed by atoms with Gasteiger partial charge < -0.3 is 10.5 Å². The van der Waals surface area contributed by atoms with Crippen LogP contribution in [-0.2, 0) is 0 Å². The molecule has 1 heterocycles. The molecule has 1 aliphatic heterocycles. The van der Waals surface area contributed by atoms with Crippen molar-refractivity contribution in [3.05, 3.63) is 42.0 Å². The molecule has 2 aromatic rings. The second kappa shape index (κ2) is 4.61. The molecule has 0 fully saturated rings. The highest BCUT2D eigenvalue weighted by Gasteiger charge is 2.19. The van der Waals surface area contributed by atoms with Crippen LogP contribution in [0, 0.1) is 0 Å². The van der Waals surface area contributed by atoms with Crippen LogP contribution >= 0.6 is 0 Å². The molecular formula is C14H13N3O2. The Balaban J connectivity index is 2.18. The zero-order valence-electron chi connectivity index (χ0n) is 10.2. The van der Waals surface area contributed by atoms with Gasteiger partial charge in [0.2, 0.25) is 0 Å². The Bertz CT molecular complexity index is 679. The standard InChI is InChI=1S/C14H13N3O2/c15-14(18)17-16-11-7-8-19-12-6-5-9-3-1-2-4-10(9)13(11)12/h1-6H,7-8H2,(H3,15,17,18). The normalized spacial score (nSPS) is 15.9. The van der Waals surface area contributed by atoms with Gasteiger partial charge in [-0.05, 0) is 16.8 Å². The highest BCUT2D eigenvalue weighted by atomic mass is 16.5. The second-order valence-corrected chi connectivity index (χ2v) is 4.29. The molecule has 3 N–H and O–H groups in total. The Kier molecular flexibility index (Phi) is 2.79. The van der Waals surface area contributed by atoms with E-state index in [1.54, 1.807) is 0 Å². The lowest BCUT2D eigenvalue weighted by Gasteiger charge is -2.20. The molecule has 0 unspecified atom stereocenters. The average Bonchev–Trinajstić information content (AvgIpc) is 2.44. The van der Waals surface area contributed by atoms with Crippen molar-refractivity contribution in [2.75, 3.05) is 6.61 Å². The Labute approximate surface area is 110 Å². The number of nitrogens with zero attached hydrogens (tertiary/aromatic N) is 1. The third-order valence-corrected chi connectivity index (χ3v) is 3.08. The van der Waals surface area contributed by atoms with Crippen LogP contribution in [0.5, 0.6) is 5.75 Å². The number of hydrazone groups is 1. The van der Waals surface area contributed by atoms with Crippen molar-refractivity contribution in [3.63, 3.8) is 0 Å². The molecule has 2 amide bonds. The van der Waals surface area contributed by atoms with E-state index in [4.69, 9.17) is 10.5 Å². The maximum absolute atomic E-state index is 10.8. The minimum Gasteiger partial charge on any atom is -0.492 e. The zero-order valence-corrected chi connectivity index (χ0v) is 10.2. The molecule has 0 saturated carbocycles. The van der Waals surface area contributed by atoms with Crippen molar-refractivity contribution in [1.29, 1.82) is 0 Å². The maximum Gasteiger partial charge on any atom is 0.332 e. The monoisotopic (exact) mass is 255 g/mol. The number of ether oxygens (including phenoxy) is 1. The van der Waals surface area contributed by atoms with Crippen molar-refractivity contribution < 1.29 is 9.53 Å². The zero-order chi connectivity index (χ0) is 13.2. The molecule has 96 valence electrons. The number of fused-ring (bicyclic) bond motifs is 3. The molecule has 19 heavy (non-hydrogen) atoms. The van der Waals surface area contributed by atoms with Crippen LogP contribution in [0.4, 0.5) is 4.79 Å². The van der Waals surface area contributed by atoms with E-state index in [-0.39, 0.29) is 0 Å². The summed E-state index contributed by atoms with van der Waals surface area (Å²) in [6.45, 7) is 0.546. The molecule has 0 spiro atoms. The molecule has 1 aliphatic rings. The molecule has 0 bridgehead atoms. The summed E-state index contributed by atoms with van der Waals surface area (Å²) in [6.07, 6.45) is 0.640. The maximum atomic E-state index is 10.8. The predicted molar refractivity (Wildman–Crippen MR) is 73.3 cm³/mol. The molecule has 0 radical (unpaired) electrons. The van der Waals surface area contributed by atoms with Crippen molar-refractivity contribution >= 4 is 22.5 Å². The van der Waals surface area contributed by atoms with E-state index in [1.165, 1.54) is 0 Å². The summed E-state index contributed by atoms with van der Waals surface area (Å²) < 4.78 is 5.64. The molecule has 2 aromatic carbocycles. The van der Waals surface area contributed by atoms with E-state index < -0.39 is 6.03 Å². The Morgan fingerprint density at radius 1 is 1.26 bits per heavy atom. The van der Waals surface area contributed by atoms with Gasteiger partial charge in [-0.3, -0.25) is 0 Å². The number of nitrogens with one attached hydrogen (secondary N) is 1. The second-order valence-electron chi connectivity index (χ2n) is 4.29. The van der Waals surface area contributed by atoms with Crippen LogP contribution in [0.2, 0.25) is 0 Å². The highest BCUT2D eigenvalue weighted by molar-refractivity contribution is 6.13. The number of amides is 2. The Morgan fingerprint density at radius 2 is 2.11 bits per heavy atom. The first-order chi connectivity index (χ1) is 9.25. The first kappa shape index (κ1) is 11.5. The van der Waals surface area contributed by atoms with Crippen LogP contribution in [0.3, 0.4) is 0 Å². The molecule has 5 nitrogen and oxygen atoms in total. The van der Waals surface area contributed by atoms with Gasteiger partial charge in [-0.2, -0.15) is 5.10 Å². The van der Waals surface area contributed by atoms with Gasteiger partial charge in [-0.25, -0.2) is 10.2 Å². The van der Waals surface area contributed by atoms with E-state index in [1.807, 2.05) is 36.4 Å². The molecule has 0 aliphatic carbocycles. The molecule has 5 heteroatoms. The van der Waals surface area contributed by atoms with Crippen LogP contribution in [0.25, 0.3) is 10.8 Å². The number of benzene rings is 2. The summed E-state index contributed by atoms with van der Waals surface area (Å²) in [5, 5.41) is 6.26. The summed E-state index contributed by atoms with van der Waals surface area (Å²) in [4.78, 5) is 10.8. The molecule has 0 atom stereocenters. The third-order valence-electron chi connectivity index (χ3n) is 3.08. The number of hydrogen-bond acceptors (Lipinski definition) is 3. The van der Waals surface area contributed by atoms with Gasteiger partial charge in [-0.15, -0.1) is 0 Å². The molecule has 3 rings (SSSR count). The third kappa shape index (κ3) is 2.10. The largest absolute Gasteiger partial charge is 0.492 e. The number of primary amides is 1. The number of nitrogens with two attached hydrogens (primary N) is 1. The number of hydrogen-bond donors (Lipinski definition) is 2. The van der Waals surface area contributed by atoms with E-state index in [0.29, 0.717) is 13.0 Å². The van der Waals surface area contributed by atoms with Crippen molar-refractivity contribution in [3.8, 4) is 5.75 Å². The molecule has 0 saturated heterocycles. The topological polar surface area (TPSA) is 76.7 Å². The summed E-state index contributed by atoms with van der Waals surface area (Å²) in [5.74, 6) is 0.787. The summed E-state index contributed by atoms with van der Waals surface area (Å²) in [5.41, 5.74) is 9.06. The lowest BCUT2D eigenvalue weighted by Crippen LogP contribution is -2.27. The summed E-state index contributed by atoms with van der Waals surface area (Å²) in [7, 11) is 0. The van der Waals surface area contributed by atoms with Crippen molar-refractivity contribution in [1.82, 2.24) is 5.43 Å².